The lowest BCUT2D eigenvalue weighted by molar-refractivity contribution is 0.202. The Balaban J connectivity index is 2.18. The van der Waals surface area contributed by atoms with Crippen LogP contribution in [-0.4, -0.2) is 67.0 Å². The Morgan fingerprint density at radius 2 is 2.05 bits per heavy atom. The maximum atomic E-state index is 12.5. The third-order valence-corrected chi connectivity index (χ3v) is 6.80. The number of sulfonamides is 1. The van der Waals surface area contributed by atoms with Crippen molar-refractivity contribution in [3.63, 3.8) is 0 Å². The highest BCUT2D eigenvalue weighted by atomic mass is 32.2. The topological polar surface area (TPSA) is 93.7 Å². The summed E-state index contributed by atoms with van der Waals surface area (Å²) in [6.07, 6.45) is 0.720. The number of thiazole rings is 1. The van der Waals surface area contributed by atoms with Gasteiger partial charge in [0.25, 0.3) is 10.0 Å². The van der Waals surface area contributed by atoms with Gasteiger partial charge in [0.15, 0.2) is 4.21 Å². The van der Waals surface area contributed by atoms with Crippen molar-refractivity contribution < 1.29 is 13.5 Å². The number of aromatic amines is 1. The van der Waals surface area contributed by atoms with Crippen LogP contribution in [0.1, 0.15) is 12.1 Å². The summed E-state index contributed by atoms with van der Waals surface area (Å²) in [4.78, 5) is 15.5. The standard InChI is InChI=1S/C11H19N3O4S2/c1-9-10(19-11(16)12-9)20(17,18)14-4-2-3-13(5-6-14)7-8-15/h15H,2-8H2,1H3,(H,12,16). The van der Waals surface area contributed by atoms with Gasteiger partial charge in [0.05, 0.1) is 6.61 Å². The normalized spacial score (nSPS) is 19.1. The molecular weight excluding hydrogens is 302 g/mol. The van der Waals surface area contributed by atoms with Gasteiger partial charge in [0.2, 0.25) is 0 Å². The molecule has 1 aliphatic heterocycles. The molecular formula is C11H19N3O4S2. The second kappa shape index (κ2) is 6.35. The largest absolute Gasteiger partial charge is 0.395 e. The van der Waals surface area contributed by atoms with E-state index in [9.17, 15) is 13.2 Å². The van der Waals surface area contributed by atoms with E-state index < -0.39 is 10.0 Å². The summed E-state index contributed by atoms with van der Waals surface area (Å²) in [7, 11) is -3.60. The molecule has 9 heteroatoms. The molecule has 0 aliphatic carbocycles. The molecule has 0 unspecified atom stereocenters. The molecule has 0 saturated carbocycles. The number of rotatable bonds is 4. The van der Waals surface area contributed by atoms with Crippen molar-refractivity contribution in [3.8, 4) is 0 Å². The van der Waals surface area contributed by atoms with E-state index in [1.165, 1.54) is 4.31 Å². The van der Waals surface area contributed by atoms with Gasteiger partial charge in [-0.1, -0.05) is 11.3 Å². The Kier molecular flexibility index (Phi) is 4.97. The smallest absolute Gasteiger partial charge is 0.305 e. The highest BCUT2D eigenvalue weighted by Gasteiger charge is 2.30. The van der Waals surface area contributed by atoms with Crippen LogP contribution in [0, 0.1) is 6.92 Å². The number of aromatic nitrogens is 1. The van der Waals surface area contributed by atoms with E-state index in [0.717, 1.165) is 24.3 Å². The fraction of sp³-hybridized carbons (Fsp3) is 0.727. The fourth-order valence-corrected chi connectivity index (χ4v) is 5.21. The molecule has 2 heterocycles. The fourth-order valence-electron chi connectivity index (χ4n) is 2.31. The molecule has 7 nitrogen and oxygen atoms in total. The van der Waals surface area contributed by atoms with Crippen LogP contribution in [0.2, 0.25) is 0 Å². The van der Waals surface area contributed by atoms with Gasteiger partial charge in [-0.15, -0.1) is 0 Å². The van der Waals surface area contributed by atoms with E-state index in [1.54, 1.807) is 6.92 Å². The summed E-state index contributed by atoms with van der Waals surface area (Å²) in [5.74, 6) is 0. The second-order valence-electron chi connectivity index (χ2n) is 4.75. The lowest BCUT2D eigenvalue weighted by atomic mass is 10.4. The van der Waals surface area contributed by atoms with Crippen LogP contribution in [0.25, 0.3) is 0 Å². The molecule has 1 saturated heterocycles. The Labute approximate surface area is 121 Å². The van der Waals surface area contributed by atoms with Crippen molar-refractivity contribution in [2.75, 3.05) is 39.3 Å². The molecule has 0 aromatic carbocycles. The van der Waals surface area contributed by atoms with Gasteiger partial charge in [0.1, 0.15) is 0 Å². The Morgan fingerprint density at radius 3 is 2.65 bits per heavy atom. The quantitative estimate of drug-likeness (QED) is 0.775. The average molecular weight is 321 g/mol. The summed E-state index contributed by atoms with van der Waals surface area (Å²) >= 11 is 0.738. The highest BCUT2D eigenvalue weighted by Crippen LogP contribution is 2.22. The van der Waals surface area contributed by atoms with Gasteiger partial charge in [-0.05, 0) is 19.9 Å². The zero-order chi connectivity index (χ0) is 14.8. The Morgan fingerprint density at radius 1 is 1.30 bits per heavy atom. The third-order valence-electron chi connectivity index (χ3n) is 3.32. The summed E-state index contributed by atoms with van der Waals surface area (Å²) in [5.41, 5.74) is 0.400. The number of hydrogen-bond donors (Lipinski definition) is 2. The SMILES string of the molecule is Cc1[nH]c(=O)sc1S(=O)(=O)N1CCCN(CCO)CC1. The lowest BCUT2D eigenvalue weighted by Gasteiger charge is -2.20. The van der Waals surface area contributed by atoms with Gasteiger partial charge in [-0.2, -0.15) is 4.31 Å². The minimum atomic E-state index is -3.60. The monoisotopic (exact) mass is 321 g/mol. The molecule has 1 aromatic rings. The first-order valence-electron chi connectivity index (χ1n) is 6.48. The predicted octanol–water partition coefficient (Wildman–Crippen LogP) is -0.566. The molecule has 0 bridgehead atoms. The van der Waals surface area contributed by atoms with Crippen molar-refractivity contribution in [1.29, 1.82) is 0 Å². The summed E-state index contributed by atoms with van der Waals surface area (Å²) < 4.78 is 26.6. The number of aliphatic hydroxyl groups excluding tert-OH is 1. The van der Waals surface area contributed by atoms with Crippen molar-refractivity contribution in [1.82, 2.24) is 14.2 Å². The number of aliphatic hydroxyl groups is 1. The number of hydrogen-bond acceptors (Lipinski definition) is 6. The maximum absolute atomic E-state index is 12.5. The van der Waals surface area contributed by atoms with E-state index in [2.05, 4.69) is 4.98 Å². The molecule has 20 heavy (non-hydrogen) atoms. The minimum Gasteiger partial charge on any atom is -0.395 e. The summed E-state index contributed by atoms with van der Waals surface area (Å²) in [6.45, 7) is 4.42. The maximum Gasteiger partial charge on any atom is 0.305 e. The first-order valence-corrected chi connectivity index (χ1v) is 8.74. The number of aryl methyl sites for hydroxylation is 1. The minimum absolute atomic E-state index is 0.0747. The second-order valence-corrected chi connectivity index (χ2v) is 7.87. The average Bonchev–Trinajstić information content (AvgIpc) is 2.61. The zero-order valence-corrected chi connectivity index (χ0v) is 13.0. The molecule has 2 rings (SSSR count). The van der Waals surface area contributed by atoms with Crippen molar-refractivity contribution in [2.24, 2.45) is 0 Å². The number of H-pyrrole nitrogens is 1. The molecule has 0 radical (unpaired) electrons. The number of nitrogens with zero attached hydrogens (tertiary/aromatic N) is 2. The molecule has 114 valence electrons. The molecule has 1 fully saturated rings. The molecule has 0 atom stereocenters. The van der Waals surface area contributed by atoms with E-state index in [0.29, 0.717) is 31.9 Å². The van der Waals surface area contributed by atoms with E-state index in [4.69, 9.17) is 5.11 Å². The summed E-state index contributed by atoms with van der Waals surface area (Å²) in [6, 6.07) is 0. The molecule has 0 spiro atoms. The van der Waals surface area contributed by atoms with Crippen LogP contribution in [0.15, 0.2) is 9.00 Å². The van der Waals surface area contributed by atoms with Crippen LogP contribution < -0.4 is 4.87 Å². The molecule has 0 amide bonds. The molecule has 1 aromatic heterocycles. The van der Waals surface area contributed by atoms with Crippen LogP contribution in [0.3, 0.4) is 0 Å². The van der Waals surface area contributed by atoms with Crippen molar-refractivity contribution in [3.05, 3.63) is 15.4 Å². The molecule has 1 aliphatic rings. The van der Waals surface area contributed by atoms with Crippen LogP contribution in [0.4, 0.5) is 0 Å². The lowest BCUT2D eigenvalue weighted by Crippen LogP contribution is -2.35. The zero-order valence-electron chi connectivity index (χ0n) is 11.3. The van der Waals surface area contributed by atoms with Crippen molar-refractivity contribution >= 4 is 21.4 Å². The highest BCUT2D eigenvalue weighted by molar-refractivity contribution is 7.91. The third kappa shape index (κ3) is 3.29. The van der Waals surface area contributed by atoms with Gasteiger partial charge in [-0.3, -0.25) is 9.69 Å². The number of nitrogens with one attached hydrogen (secondary N) is 1. The Bertz CT molecular complexity index is 607. The van der Waals surface area contributed by atoms with E-state index >= 15 is 0 Å². The Hall–Kier alpha value is -0.740. The van der Waals surface area contributed by atoms with E-state index in [-0.39, 0.29) is 15.7 Å². The van der Waals surface area contributed by atoms with E-state index in [1.807, 2.05) is 4.90 Å². The van der Waals surface area contributed by atoms with Crippen LogP contribution in [0.5, 0.6) is 0 Å². The summed E-state index contributed by atoms with van der Waals surface area (Å²) in [5, 5.41) is 8.94. The van der Waals surface area contributed by atoms with Crippen molar-refractivity contribution in [2.45, 2.75) is 17.6 Å². The molecule has 2 N–H and O–H groups in total. The van der Waals surface area contributed by atoms with Gasteiger partial charge in [0, 0.05) is 31.9 Å². The first kappa shape index (κ1) is 15.6. The van der Waals surface area contributed by atoms with Gasteiger partial charge in [-0.25, -0.2) is 8.42 Å². The first-order chi connectivity index (χ1) is 9.45. The van der Waals surface area contributed by atoms with Gasteiger partial charge < -0.3 is 10.1 Å². The predicted molar refractivity (Wildman–Crippen MR) is 76.6 cm³/mol. The van der Waals surface area contributed by atoms with Gasteiger partial charge >= 0.3 is 4.87 Å². The van der Waals surface area contributed by atoms with Crippen LogP contribution >= 0.6 is 11.3 Å². The number of β-amino-alcohol motifs (C(OH)–C–C–N with tert-alkyl or cyclic N) is 1. The van der Waals surface area contributed by atoms with Crippen LogP contribution in [-0.2, 0) is 10.0 Å².